The molecular weight excluding hydrogens is 246 g/mol. The number of rotatable bonds is 3. The Bertz CT molecular complexity index is 532. The average Bonchev–Trinajstić information content (AvgIpc) is 3.01. The fraction of sp³-hybridized carbons (Fsp3) is 0.538. The highest BCUT2D eigenvalue weighted by Crippen LogP contribution is 2.48. The summed E-state index contributed by atoms with van der Waals surface area (Å²) in [6.45, 7) is 0. The standard InChI is InChI=1S/C13H15N3O3/c17-12(9-6-7-1-2-8(9)5-7)16-11-10(13(18)19)14-3-4-15-11/h3-4,7-9H,1-2,5-6H2,(H,18,19)(H,15,16,17). The van der Waals surface area contributed by atoms with E-state index in [1.54, 1.807) is 0 Å². The Hall–Kier alpha value is -1.98. The van der Waals surface area contributed by atoms with E-state index in [1.807, 2.05) is 0 Å². The van der Waals surface area contributed by atoms with Crippen molar-refractivity contribution in [2.45, 2.75) is 25.7 Å². The first-order valence-electron chi connectivity index (χ1n) is 6.50. The molecule has 1 aromatic rings. The number of carbonyl (C=O) groups excluding carboxylic acids is 1. The number of hydrogen-bond donors (Lipinski definition) is 2. The number of amides is 1. The zero-order valence-corrected chi connectivity index (χ0v) is 10.4. The Morgan fingerprint density at radius 2 is 2.00 bits per heavy atom. The molecule has 2 aliphatic rings. The molecule has 0 aromatic carbocycles. The molecule has 2 fully saturated rings. The average molecular weight is 261 g/mol. The molecular formula is C13H15N3O3. The van der Waals surface area contributed by atoms with Gasteiger partial charge in [0, 0.05) is 18.3 Å². The van der Waals surface area contributed by atoms with Crippen LogP contribution in [-0.4, -0.2) is 27.0 Å². The maximum Gasteiger partial charge on any atom is 0.358 e. The van der Waals surface area contributed by atoms with E-state index in [9.17, 15) is 9.59 Å². The highest BCUT2D eigenvalue weighted by molar-refractivity contribution is 5.98. The van der Waals surface area contributed by atoms with E-state index < -0.39 is 5.97 Å². The molecule has 0 aliphatic heterocycles. The van der Waals surface area contributed by atoms with E-state index in [2.05, 4.69) is 15.3 Å². The van der Waals surface area contributed by atoms with Crippen LogP contribution >= 0.6 is 0 Å². The first-order valence-corrected chi connectivity index (χ1v) is 6.50. The molecule has 2 bridgehead atoms. The van der Waals surface area contributed by atoms with Crippen LogP contribution in [0.1, 0.15) is 36.2 Å². The van der Waals surface area contributed by atoms with Gasteiger partial charge in [-0.1, -0.05) is 6.42 Å². The maximum absolute atomic E-state index is 12.2. The van der Waals surface area contributed by atoms with E-state index in [1.165, 1.54) is 18.8 Å². The second-order valence-electron chi connectivity index (χ2n) is 5.33. The van der Waals surface area contributed by atoms with Crippen LogP contribution in [0.3, 0.4) is 0 Å². The van der Waals surface area contributed by atoms with Gasteiger partial charge in [-0.2, -0.15) is 0 Å². The molecule has 0 spiro atoms. The van der Waals surface area contributed by atoms with Gasteiger partial charge in [0.2, 0.25) is 5.91 Å². The molecule has 0 radical (unpaired) electrons. The predicted octanol–water partition coefficient (Wildman–Crippen LogP) is 1.55. The van der Waals surface area contributed by atoms with Gasteiger partial charge in [-0.3, -0.25) is 4.79 Å². The molecule has 2 saturated carbocycles. The number of carboxylic acids is 1. The Morgan fingerprint density at radius 1 is 1.21 bits per heavy atom. The second-order valence-corrected chi connectivity index (χ2v) is 5.33. The molecule has 0 saturated heterocycles. The smallest absolute Gasteiger partial charge is 0.358 e. The van der Waals surface area contributed by atoms with Crippen molar-refractivity contribution in [2.24, 2.45) is 17.8 Å². The van der Waals surface area contributed by atoms with E-state index in [0.717, 1.165) is 19.3 Å². The Kier molecular flexibility index (Phi) is 2.93. The normalized spacial score (nSPS) is 28.3. The minimum absolute atomic E-state index is 0.00222. The molecule has 2 aliphatic carbocycles. The van der Waals surface area contributed by atoms with Gasteiger partial charge in [-0.25, -0.2) is 14.8 Å². The number of fused-ring (bicyclic) bond motifs is 2. The van der Waals surface area contributed by atoms with Gasteiger partial charge in [-0.05, 0) is 31.1 Å². The maximum atomic E-state index is 12.2. The Labute approximate surface area is 110 Å². The lowest BCUT2D eigenvalue weighted by molar-refractivity contribution is -0.121. The lowest BCUT2D eigenvalue weighted by atomic mass is 9.88. The number of hydrogen-bond acceptors (Lipinski definition) is 4. The topological polar surface area (TPSA) is 92.2 Å². The summed E-state index contributed by atoms with van der Waals surface area (Å²) in [5.74, 6) is -0.131. The molecule has 19 heavy (non-hydrogen) atoms. The summed E-state index contributed by atoms with van der Waals surface area (Å²) in [5, 5.41) is 11.6. The third kappa shape index (κ3) is 2.18. The van der Waals surface area contributed by atoms with Gasteiger partial charge in [-0.15, -0.1) is 0 Å². The molecule has 6 nitrogen and oxygen atoms in total. The summed E-state index contributed by atoms with van der Waals surface area (Å²) in [7, 11) is 0. The minimum atomic E-state index is -1.18. The molecule has 1 amide bonds. The summed E-state index contributed by atoms with van der Waals surface area (Å²) in [6.07, 6.45) is 7.05. The van der Waals surface area contributed by atoms with Crippen molar-refractivity contribution in [2.75, 3.05) is 5.32 Å². The van der Waals surface area contributed by atoms with E-state index in [-0.39, 0.29) is 23.3 Å². The van der Waals surface area contributed by atoms with E-state index in [0.29, 0.717) is 11.8 Å². The van der Waals surface area contributed by atoms with Gasteiger partial charge >= 0.3 is 5.97 Å². The number of nitrogens with one attached hydrogen (secondary N) is 1. The van der Waals surface area contributed by atoms with Crippen LogP contribution < -0.4 is 5.32 Å². The molecule has 3 atom stereocenters. The lowest BCUT2D eigenvalue weighted by Gasteiger charge is -2.20. The zero-order valence-electron chi connectivity index (χ0n) is 10.4. The molecule has 1 aromatic heterocycles. The van der Waals surface area contributed by atoms with E-state index in [4.69, 9.17) is 5.11 Å². The second kappa shape index (κ2) is 4.60. The summed E-state index contributed by atoms with van der Waals surface area (Å²) in [4.78, 5) is 30.8. The van der Waals surface area contributed by atoms with Crippen LogP contribution in [0.5, 0.6) is 0 Å². The van der Waals surface area contributed by atoms with Crippen molar-refractivity contribution in [3.05, 3.63) is 18.1 Å². The largest absolute Gasteiger partial charge is 0.476 e. The molecule has 3 rings (SSSR count). The quantitative estimate of drug-likeness (QED) is 0.861. The Morgan fingerprint density at radius 3 is 2.63 bits per heavy atom. The highest BCUT2D eigenvalue weighted by Gasteiger charge is 2.43. The summed E-state index contributed by atoms with van der Waals surface area (Å²) in [6, 6.07) is 0. The third-order valence-corrected chi connectivity index (χ3v) is 4.22. The monoisotopic (exact) mass is 261 g/mol. The van der Waals surface area contributed by atoms with Crippen molar-refractivity contribution in [1.29, 1.82) is 0 Å². The van der Waals surface area contributed by atoms with Gasteiger partial charge < -0.3 is 10.4 Å². The van der Waals surface area contributed by atoms with Crippen molar-refractivity contribution < 1.29 is 14.7 Å². The Balaban J connectivity index is 1.75. The van der Waals surface area contributed by atoms with Crippen molar-refractivity contribution in [1.82, 2.24) is 9.97 Å². The number of aromatic carboxylic acids is 1. The molecule has 2 N–H and O–H groups in total. The van der Waals surface area contributed by atoms with E-state index >= 15 is 0 Å². The van der Waals surface area contributed by atoms with Crippen LogP contribution in [0.15, 0.2) is 12.4 Å². The van der Waals surface area contributed by atoms with Gasteiger partial charge in [0.25, 0.3) is 0 Å². The molecule has 1 heterocycles. The van der Waals surface area contributed by atoms with Gasteiger partial charge in [0.05, 0.1) is 0 Å². The van der Waals surface area contributed by atoms with Crippen LogP contribution in [-0.2, 0) is 4.79 Å². The van der Waals surface area contributed by atoms with Gasteiger partial charge in [0.1, 0.15) is 0 Å². The molecule has 100 valence electrons. The summed E-state index contributed by atoms with van der Waals surface area (Å²) < 4.78 is 0. The predicted molar refractivity (Wildman–Crippen MR) is 66.6 cm³/mol. The fourth-order valence-corrected chi connectivity index (χ4v) is 3.36. The summed E-state index contributed by atoms with van der Waals surface area (Å²) in [5.41, 5.74) is -0.209. The number of carbonyl (C=O) groups is 2. The highest BCUT2D eigenvalue weighted by atomic mass is 16.4. The molecule has 3 unspecified atom stereocenters. The summed E-state index contributed by atoms with van der Waals surface area (Å²) >= 11 is 0. The number of nitrogens with zero attached hydrogens (tertiary/aromatic N) is 2. The van der Waals surface area contributed by atoms with Crippen molar-refractivity contribution >= 4 is 17.7 Å². The first kappa shape index (κ1) is 12.1. The number of anilines is 1. The number of aromatic nitrogens is 2. The number of carboxylic acid groups (broad SMARTS) is 1. The fourth-order valence-electron chi connectivity index (χ4n) is 3.36. The zero-order chi connectivity index (χ0) is 13.4. The minimum Gasteiger partial charge on any atom is -0.476 e. The lowest BCUT2D eigenvalue weighted by Crippen LogP contribution is -2.28. The third-order valence-electron chi connectivity index (χ3n) is 4.22. The van der Waals surface area contributed by atoms with Crippen LogP contribution in [0.4, 0.5) is 5.82 Å². The van der Waals surface area contributed by atoms with Crippen molar-refractivity contribution in [3.8, 4) is 0 Å². The van der Waals surface area contributed by atoms with Crippen molar-refractivity contribution in [3.63, 3.8) is 0 Å². The molecule has 6 heteroatoms. The van der Waals surface area contributed by atoms with Crippen LogP contribution in [0, 0.1) is 17.8 Å². The van der Waals surface area contributed by atoms with Crippen LogP contribution in [0.2, 0.25) is 0 Å². The first-order chi connectivity index (χ1) is 9.15. The SMILES string of the molecule is O=C(O)c1nccnc1NC(=O)C1CC2CCC1C2. The van der Waals surface area contributed by atoms with Gasteiger partial charge in [0.15, 0.2) is 11.5 Å². The van der Waals surface area contributed by atoms with Crippen LogP contribution in [0.25, 0.3) is 0 Å².